The van der Waals surface area contributed by atoms with Crippen molar-refractivity contribution in [1.29, 1.82) is 0 Å². The third-order valence-corrected chi connectivity index (χ3v) is 5.26. The number of benzene rings is 1. The highest BCUT2D eigenvalue weighted by atomic mass is 16.5. The Kier molecular flexibility index (Phi) is 10.2. The van der Waals surface area contributed by atoms with E-state index in [1.807, 2.05) is 36.4 Å². The van der Waals surface area contributed by atoms with Gasteiger partial charge in [0.2, 0.25) is 0 Å². The molecule has 0 bridgehead atoms. The van der Waals surface area contributed by atoms with Gasteiger partial charge in [-0.05, 0) is 75.1 Å². The summed E-state index contributed by atoms with van der Waals surface area (Å²) in [6, 6.07) is 11.9. The van der Waals surface area contributed by atoms with Crippen molar-refractivity contribution in [3.05, 3.63) is 77.8 Å². The maximum absolute atomic E-state index is 10.6. The molecule has 2 rings (SSSR count). The Bertz CT molecular complexity index is 950. The van der Waals surface area contributed by atoms with E-state index in [0.29, 0.717) is 19.4 Å². The van der Waals surface area contributed by atoms with Crippen molar-refractivity contribution in [2.45, 2.75) is 52.4 Å². The fourth-order valence-electron chi connectivity index (χ4n) is 3.54. The first-order chi connectivity index (χ1) is 15.5. The summed E-state index contributed by atoms with van der Waals surface area (Å²) in [4.78, 5) is 14.9. The van der Waals surface area contributed by atoms with Gasteiger partial charge in [-0.2, -0.15) is 0 Å². The number of ether oxygens (including phenoxy) is 1. The summed E-state index contributed by atoms with van der Waals surface area (Å²) in [5.74, 6) is 0.870. The molecule has 32 heavy (non-hydrogen) atoms. The molecule has 0 amide bonds. The SMILES string of the molecule is C=C/C(OCCCCCC(=O)O)=C(\CC)C/C(C)=C(/N=C)c1ccc(-c2ccco2)cc1. The third kappa shape index (κ3) is 7.41. The van der Waals surface area contributed by atoms with Gasteiger partial charge in [0.05, 0.1) is 18.6 Å². The average Bonchev–Trinajstić information content (AvgIpc) is 3.33. The molecule has 1 aromatic carbocycles. The van der Waals surface area contributed by atoms with Gasteiger partial charge in [0.25, 0.3) is 0 Å². The number of carboxylic acids is 1. The maximum Gasteiger partial charge on any atom is 0.303 e. The van der Waals surface area contributed by atoms with Gasteiger partial charge in [-0.25, -0.2) is 0 Å². The third-order valence-electron chi connectivity index (χ3n) is 5.26. The molecule has 0 fully saturated rings. The molecule has 0 spiro atoms. The number of allylic oxidation sites excluding steroid dienone is 3. The number of carboxylic acid groups (broad SMARTS) is 1. The lowest BCUT2D eigenvalue weighted by molar-refractivity contribution is -0.137. The van der Waals surface area contributed by atoms with Crippen molar-refractivity contribution < 1.29 is 19.1 Å². The van der Waals surface area contributed by atoms with Crippen molar-refractivity contribution in [2.24, 2.45) is 4.99 Å². The Morgan fingerprint density at radius 2 is 1.94 bits per heavy atom. The zero-order valence-corrected chi connectivity index (χ0v) is 19.1. The second-order valence-electron chi connectivity index (χ2n) is 7.60. The molecule has 1 N–H and O–H groups in total. The number of rotatable bonds is 14. The van der Waals surface area contributed by atoms with E-state index in [1.54, 1.807) is 12.3 Å². The summed E-state index contributed by atoms with van der Waals surface area (Å²) in [6.07, 6.45) is 7.48. The maximum atomic E-state index is 10.6. The van der Waals surface area contributed by atoms with Crippen LogP contribution in [0.4, 0.5) is 0 Å². The van der Waals surface area contributed by atoms with E-state index in [-0.39, 0.29) is 6.42 Å². The number of aliphatic imine (C=N–C) groups is 1. The molecule has 1 heterocycles. The van der Waals surface area contributed by atoms with Crippen LogP contribution in [0.15, 0.2) is 81.6 Å². The molecule has 0 unspecified atom stereocenters. The highest BCUT2D eigenvalue weighted by Gasteiger charge is 2.11. The lowest BCUT2D eigenvalue weighted by atomic mass is 9.98. The fourth-order valence-corrected chi connectivity index (χ4v) is 3.54. The van der Waals surface area contributed by atoms with E-state index < -0.39 is 5.97 Å². The van der Waals surface area contributed by atoms with Crippen molar-refractivity contribution in [3.8, 4) is 11.3 Å². The minimum absolute atomic E-state index is 0.203. The molecule has 0 saturated carbocycles. The minimum atomic E-state index is -0.754. The van der Waals surface area contributed by atoms with Gasteiger partial charge in [-0.1, -0.05) is 37.8 Å². The van der Waals surface area contributed by atoms with Gasteiger partial charge in [-0.15, -0.1) is 0 Å². The van der Waals surface area contributed by atoms with Crippen LogP contribution >= 0.6 is 0 Å². The molecule has 0 radical (unpaired) electrons. The summed E-state index contributed by atoms with van der Waals surface area (Å²) in [5, 5.41) is 8.72. The lowest BCUT2D eigenvalue weighted by Crippen LogP contribution is -2.00. The van der Waals surface area contributed by atoms with Gasteiger partial charge >= 0.3 is 5.97 Å². The Hall–Kier alpha value is -3.34. The Balaban J connectivity index is 2.09. The Morgan fingerprint density at radius 1 is 1.19 bits per heavy atom. The number of hydrogen-bond acceptors (Lipinski definition) is 4. The summed E-state index contributed by atoms with van der Waals surface area (Å²) in [6.45, 7) is 12.4. The van der Waals surface area contributed by atoms with E-state index in [9.17, 15) is 4.79 Å². The summed E-state index contributed by atoms with van der Waals surface area (Å²) >= 11 is 0. The Labute approximate surface area is 190 Å². The monoisotopic (exact) mass is 435 g/mol. The number of aliphatic carboxylic acids is 1. The van der Waals surface area contributed by atoms with Gasteiger partial charge in [0.15, 0.2) is 0 Å². The number of hydrogen-bond donors (Lipinski definition) is 1. The molecule has 2 aromatic rings. The van der Waals surface area contributed by atoms with E-state index >= 15 is 0 Å². The first-order valence-corrected chi connectivity index (χ1v) is 11.0. The molecule has 5 nitrogen and oxygen atoms in total. The first kappa shape index (κ1) is 24.9. The molecule has 1 aromatic heterocycles. The largest absolute Gasteiger partial charge is 0.494 e. The predicted octanol–water partition coefficient (Wildman–Crippen LogP) is 7.28. The van der Waals surface area contributed by atoms with Gasteiger partial charge in [-0.3, -0.25) is 9.79 Å². The molecule has 5 heteroatoms. The zero-order valence-electron chi connectivity index (χ0n) is 19.1. The highest BCUT2D eigenvalue weighted by Crippen LogP contribution is 2.29. The molecule has 0 aliphatic rings. The highest BCUT2D eigenvalue weighted by molar-refractivity contribution is 5.73. The molecule has 0 atom stereocenters. The zero-order chi connectivity index (χ0) is 23.3. The topological polar surface area (TPSA) is 72.0 Å². The van der Waals surface area contributed by atoms with Crippen LogP contribution in [0, 0.1) is 0 Å². The van der Waals surface area contributed by atoms with Crippen LogP contribution in [0.25, 0.3) is 17.0 Å². The standard InChI is InChI=1S/C27H33NO4/c1-5-21(24(6-2)31-17-9-7-8-12-26(29)30)19-20(3)27(28-4)23-15-13-22(14-16-23)25-11-10-18-32-25/h6,10-11,13-16,18H,2,4-5,7-9,12,17,19H2,1,3H3,(H,29,30)/b24-21-,27-20+. The van der Waals surface area contributed by atoms with Crippen LogP contribution in [0.3, 0.4) is 0 Å². The van der Waals surface area contributed by atoms with Crippen molar-refractivity contribution in [2.75, 3.05) is 6.61 Å². The van der Waals surface area contributed by atoms with Crippen molar-refractivity contribution >= 4 is 18.4 Å². The quantitative estimate of drug-likeness (QED) is 0.146. The van der Waals surface area contributed by atoms with Crippen molar-refractivity contribution in [1.82, 2.24) is 0 Å². The lowest BCUT2D eigenvalue weighted by Gasteiger charge is -2.15. The molecule has 0 aliphatic carbocycles. The predicted molar refractivity (Wildman–Crippen MR) is 130 cm³/mol. The van der Waals surface area contributed by atoms with Gasteiger partial charge in [0, 0.05) is 17.5 Å². The summed E-state index contributed by atoms with van der Waals surface area (Å²) in [7, 11) is 0. The van der Waals surface area contributed by atoms with E-state index in [1.165, 1.54) is 0 Å². The number of nitrogens with zero attached hydrogens (tertiary/aromatic N) is 1. The van der Waals surface area contributed by atoms with Crippen LogP contribution in [-0.2, 0) is 9.53 Å². The normalized spacial score (nSPS) is 12.6. The average molecular weight is 436 g/mol. The summed E-state index contributed by atoms with van der Waals surface area (Å²) < 4.78 is 11.4. The molecule has 0 saturated heterocycles. The van der Waals surface area contributed by atoms with Crippen LogP contribution in [-0.4, -0.2) is 24.4 Å². The van der Waals surface area contributed by atoms with E-state index in [0.717, 1.165) is 58.8 Å². The molecular weight excluding hydrogens is 402 g/mol. The number of unbranched alkanes of at least 4 members (excludes halogenated alkanes) is 2. The minimum Gasteiger partial charge on any atom is -0.494 e. The second-order valence-corrected chi connectivity index (χ2v) is 7.60. The molecule has 0 aliphatic heterocycles. The molecular formula is C27H33NO4. The van der Waals surface area contributed by atoms with Gasteiger partial charge in [0.1, 0.15) is 11.5 Å². The van der Waals surface area contributed by atoms with Crippen LogP contribution in [0.2, 0.25) is 0 Å². The van der Waals surface area contributed by atoms with E-state index in [2.05, 4.69) is 32.1 Å². The number of carbonyl (C=O) groups is 1. The summed E-state index contributed by atoms with van der Waals surface area (Å²) in [5.41, 5.74) is 5.13. The van der Waals surface area contributed by atoms with Crippen LogP contribution < -0.4 is 0 Å². The van der Waals surface area contributed by atoms with E-state index in [4.69, 9.17) is 14.3 Å². The van der Waals surface area contributed by atoms with Crippen molar-refractivity contribution in [3.63, 3.8) is 0 Å². The van der Waals surface area contributed by atoms with Gasteiger partial charge < -0.3 is 14.3 Å². The molecule has 170 valence electrons. The number of furan rings is 1. The van der Waals surface area contributed by atoms with Crippen LogP contribution in [0.1, 0.15) is 57.9 Å². The fraction of sp³-hybridized carbons (Fsp3) is 0.333. The second kappa shape index (κ2) is 13.2. The first-order valence-electron chi connectivity index (χ1n) is 11.0. The van der Waals surface area contributed by atoms with Crippen LogP contribution in [0.5, 0.6) is 0 Å². The smallest absolute Gasteiger partial charge is 0.303 e. The Morgan fingerprint density at radius 3 is 2.50 bits per heavy atom.